The van der Waals surface area contributed by atoms with Gasteiger partial charge in [-0.05, 0) is 37.6 Å². The minimum atomic E-state index is -0.626. The lowest BCUT2D eigenvalue weighted by atomic mass is 10.2. The number of aromatic nitrogens is 1. The SMILES string of the molecule is CCCC=CCOc1cccc(NC(=O)c2ccc(C)nc2N)c1F. The molecule has 0 atom stereocenters. The quantitative estimate of drug-likeness (QED) is 0.742. The number of nitrogen functional groups attached to an aromatic ring is 1. The number of allylic oxidation sites excluding steroid dienone is 1. The maximum atomic E-state index is 14.5. The first-order chi connectivity index (χ1) is 12.0. The number of hydrogen-bond acceptors (Lipinski definition) is 4. The van der Waals surface area contributed by atoms with Crippen molar-refractivity contribution in [3.63, 3.8) is 0 Å². The number of hydrogen-bond donors (Lipinski definition) is 2. The van der Waals surface area contributed by atoms with Gasteiger partial charge in [-0.3, -0.25) is 4.79 Å². The minimum Gasteiger partial charge on any atom is -0.486 e. The van der Waals surface area contributed by atoms with Crippen LogP contribution >= 0.6 is 0 Å². The van der Waals surface area contributed by atoms with Gasteiger partial charge in [-0.15, -0.1) is 0 Å². The van der Waals surface area contributed by atoms with E-state index in [1.807, 2.05) is 12.2 Å². The van der Waals surface area contributed by atoms with Crippen molar-refractivity contribution in [2.24, 2.45) is 0 Å². The summed E-state index contributed by atoms with van der Waals surface area (Å²) >= 11 is 0. The van der Waals surface area contributed by atoms with E-state index >= 15 is 0 Å². The first-order valence-electron chi connectivity index (χ1n) is 8.13. The Kier molecular flexibility index (Phi) is 6.51. The number of carbonyl (C=O) groups excluding carboxylic acids is 1. The molecule has 0 aliphatic heterocycles. The van der Waals surface area contributed by atoms with E-state index < -0.39 is 11.7 Å². The fraction of sp³-hybridized carbons (Fsp3) is 0.263. The third-order valence-electron chi connectivity index (χ3n) is 3.48. The lowest BCUT2D eigenvalue weighted by molar-refractivity contribution is 0.102. The van der Waals surface area contributed by atoms with Gasteiger partial charge in [0.15, 0.2) is 11.6 Å². The highest BCUT2D eigenvalue weighted by atomic mass is 19.1. The van der Waals surface area contributed by atoms with Crippen LogP contribution in [-0.4, -0.2) is 17.5 Å². The van der Waals surface area contributed by atoms with E-state index in [-0.39, 0.29) is 29.4 Å². The van der Waals surface area contributed by atoms with Crippen LogP contribution in [0.5, 0.6) is 5.75 Å². The monoisotopic (exact) mass is 343 g/mol. The van der Waals surface area contributed by atoms with Gasteiger partial charge >= 0.3 is 0 Å². The largest absolute Gasteiger partial charge is 0.486 e. The summed E-state index contributed by atoms with van der Waals surface area (Å²) in [5, 5.41) is 2.51. The molecule has 1 heterocycles. The Morgan fingerprint density at radius 3 is 2.84 bits per heavy atom. The third kappa shape index (κ3) is 5.04. The molecule has 0 spiro atoms. The standard InChI is InChI=1S/C19H22FN3O2/c1-3-4-5-6-12-25-16-9-7-8-15(17(16)20)23-19(24)14-11-10-13(2)22-18(14)21/h5-11H,3-4,12H2,1-2H3,(H2,21,22)(H,23,24). The van der Waals surface area contributed by atoms with Gasteiger partial charge in [0.1, 0.15) is 12.4 Å². The summed E-state index contributed by atoms with van der Waals surface area (Å²) in [7, 11) is 0. The predicted octanol–water partition coefficient (Wildman–Crippen LogP) is 4.10. The summed E-state index contributed by atoms with van der Waals surface area (Å²) in [4.78, 5) is 16.3. The van der Waals surface area contributed by atoms with Gasteiger partial charge in [0.2, 0.25) is 0 Å². The van der Waals surface area contributed by atoms with Crippen molar-refractivity contribution in [1.82, 2.24) is 4.98 Å². The molecule has 2 aromatic rings. The Morgan fingerprint density at radius 2 is 2.12 bits per heavy atom. The topological polar surface area (TPSA) is 77.2 Å². The van der Waals surface area contributed by atoms with E-state index in [1.54, 1.807) is 25.1 Å². The number of aryl methyl sites for hydroxylation is 1. The van der Waals surface area contributed by atoms with Crippen LogP contribution in [0.1, 0.15) is 35.8 Å². The number of nitrogens with zero attached hydrogens (tertiary/aromatic N) is 1. The van der Waals surface area contributed by atoms with Crippen LogP contribution < -0.4 is 15.8 Å². The molecule has 0 saturated heterocycles. The van der Waals surface area contributed by atoms with Crippen molar-refractivity contribution in [3.05, 3.63) is 59.6 Å². The first-order valence-corrected chi connectivity index (χ1v) is 8.13. The van der Waals surface area contributed by atoms with Crippen molar-refractivity contribution in [2.45, 2.75) is 26.7 Å². The van der Waals surface area contributed by atoms with Crippen LogP contribution in [0.25, 0.3) is 0 Å². The summed E-state index contributed by atoms with van der Waals surface area (Å²) in [5.74, 6) is -0.970. The summed E-state index contributed by atoms with van der Waals surface area (Å²) in [6, 6.07) is 7.82. The minimum absolute atomic E-state index is 0.0278. The molecule has 3 N–H and O–H groups in total. The molecule has 5 nitrogen and oxygen atoms in total. The number of nitrogens with one attached hydrogen (secondary N) is 1. The second-order valence-electron chi connectivity index (χ2n) is 5.53. The van der Waals surface area contributed by atoms with E-state index in [9.17, 15) is 9.18 Å². The summed E-state index contributed by atoms with van der Waals surface area (Å²) in [6.45, 7) is 4.12. The molecule has 132 valence electrons. The molecule has 0 saturated carbocycles. The van der Waals surface area contributed by atoms with Crippen molar-refractivity contribution < 1.29 is 13.9 Å². The van der Waals surface area contributed by atoms with Gasteiger partial charge in [0, 0.05) is 5.69 Å². The first kappa shape index (κ1) is 18.4. The fourth-order valence-corrected chi connectivity index (χ4v) is 2.17. The average Bonchev–Trinajstić information content (AvgIpc) is 2.57. The summed E-state index contributed by atoms with van der Waals surface area (Å²) < 4.78 is 19.9. The lowest BCUT2D eigenvalue weighted by Gasteiger charge is -2.11. The normalized spacial score (nSPS) is 10.8. The van der Waals surface area contributed by atoms with Gasteiger partial charge in [-0.2, -0.15) is 0 Å². The van der Waals surface area contributed by atoms with Crippen molar-refractivity contribution >= 4 is 17.4 Å². The van der Waals surface area contributed by atoms with Crippen LogP contribution in [0.15, 0.2) is 42.5 Å². The number of carbonyl (C=O) groups is 1. The number of rotatable bonds is 7. The number of pyridine rings is 1. The highest BCUT2D eigenvalue weighted by Crippen LogP contribution is 2.25. The number of halogens is 1. The molecule has 0 unspecified atom stereocenters. The van der Waals surface area contributed by atoms with Gasteiger partial charge in [-0.1, -0.05) is 31.6 Å². The van der Waals surface area contributed by atoms with Gasteiger partial charge in [0.05, 0.1) is 11.3 Å². The highest BCUT2D eigenvalue weighted by Gasteiger charge is 2.15. The molecule has 6 heteroatoms. The van der Waals surface area contributed by atoms with Crippen LogP contribution in [0.2, 0.25) is 0 Å². The van der Waals surface area contributed by atoms with E-state index in [1.165, 1.54) is 12.1 Å². The van der Waals surface area contributed by atoms with E-state index in [4.69, 9.17) is 10.5 Å². The van der Waals surface area contributed by atoms with Crippen LogP contribution in [-0.2, 0) is 0 Å². The smallest absolute Gasteiger partial charge is 0.259 e. The number of unbranched alkanes of at least 4 members (excludes halogenated alkanes) is 1. The lowest BCUT2D eigenvalue weighted by Crippen LogP contribution is -2.16. The maximum Gasteiger partial charge on any atom is 0.259 e. The maximum absolute atomic E-state index is 14.5. The van der Waals surface area contributed by atoms with E-state index in [0.717, 1.165) is 12.8 Å². The molecule has 0 radical (unpaired) electrons. The second-order valence-corrected chi connectivity index (χ2v) is 5.53. The Hall–Kier alpha value is -2.89. The molecular weight excluding hydrogens is 321 g/mol. The molecule has 1 amide bonds. The molecule has 0 aliphatic rings. The Bertz CT molecular complexity index is 775. The molecule has 0 bridgehead atoms. The molecule has 1 aromatic heterocycles. The summed E-state index contributed by atoms with van der Waals surface area (Å²) in [6.07, 6.45) is 5.82. The molecule has 25 heavy (non-hydrogen) atoms. The number of benzene rings is 1. The highest BCUT2D eigenvalue weighted by molar-refractivity contribution is 6.07. The second kappa shape index (κ2) is 8.82. The molecule has 0 aliphatic carbocycles. The van der Waals surface area contributed by atoms with Gasteiger partial charge in [-0.25, -0.2) is 9.37 Å². The fourth-order valence-electron chi connectivity index (χ4n) is 2.17. The molecular formula is C19H22FN3O2. The number of ether oxygens (including phenoxy) is 1. The van der Waals surface area contributed by atoms with Crippen LogP contribution in [0.4, 0.5) is 15.9 Å². The molecule has 0 fully saturated rings. The number of amides is 1. The van der Waals surface area contributed by atoms with Crippen LogP contribution in [0, 0.1) is 12.7 Å². The van der Waals surface area contributed by atoms with E-state index in [2.05, 4.69) is 17.2 Å². The van der Waals surface area contributed by atoms with Crippen molar-refractivity contribution in [1.29, 1.82) is 0 Å². The van der Waals surface area contributed by atoms with E-state index in [0.29, 0.717) is 5.69 Å². The Balaban J connectivity index is 2.09. The van der Waals surface area contributed by atoms with Crippen LogP contribution in [0.3, 0.4) is 0 Å². The van der Waals surface area contributed by atoms with Crippen molar-refractivity contribution in [3.8, 4) is 5.75 Å². The van der Waals surface area contributed by atoms with Crippen molar-refractivity contribution in [2.75, 3.05) is 17.7 Å². The summed E-state index contributed by atoms with van der Waals surface area (Å²) in [5.41, 5.74) is 6.67. The molecule has 1 aromatic carbocycles. The van der Waals surface area contributed by atoms with Gasteiger partial charge in [0.25, 0.3) is 5.91 Å². The number of nitrogens with two attached hydrogens (primary N) is 1. The zero-order chi connectivity index (χ0) is 18.2. The molecule has 2 rings (SSSR count). The Labute approximate surface area is 146 Å². The number of anilines is 2. The zero-order valence-corrected chi connectivity index (χ0v) is 14.4. The predicted molar refractivity (Wildman–Crippen MR) is 97.3 cm³/mol. The zero-order valence-electron chi connectivity index (χ0n) is 14.4. The third-order valence-corrected chi connectivity index (χ3v) is 3.48. The average molecular weight is 343 g/mol. The Morgan fingerprint density at radius 1 is 1.32 bits per heavy atom. The van der Waals surface area contributed by atoms with Gasteiger partial charge < -0.3 is 15.8 Å².